The number of fused-ring (bicyclic) bond motifs is 2. The fraction of sp³-hybridized carbons (Fsp3) is 0.550. The monoisotopic (exact) mass is 728 g/mol. The molecule has 2 aromatic carbocycles. The third-order valence-corrected chi connectivity index (χ3v) is 10.8. The molecule has 4 aromatic rings. The van der Waals surface area contributed by atoms with Gasteiger partial charge in [-0.3, -0.25) is 4.57 Å². The van der Waals surface area contributed by atoms with Gasteiger partial charge in [-0.2, -0.15) is 0 Å². The molecule has 11 nitrogen and oxygen atoms in total. The van der Waals surface area contributed by atoms with Gasteiger partial charge in [-0.1, -0.05) is 30.3 Å². The number of aromatic nitrogens is 2. The Hall–Kier alpha value is -3.77. The zero-order valence-corrected chi connectivity index (χ0v) is 33.8. The van der Waals surface area contributed by atoms with Gasteiger partial charge in [-0.15, -0.1) is 0 Å². The fourth-order valence-corrected chi connectivity index (χ4v) is 6.87. The van der Waals surface area contributed by atoms with Gasteiger partial charge in [0.1, 0.15) is 22.5 Å². The first-order valence-corrected chi connectivity index (χ1v) is 18.4. The normalized spacial score (nSPS) is 21.1. The standard InChI is InChI=1S/C40H54B2N2O9/c1-25-31(27-18-15-16-20-29(27)44(25)34(46)49-36(5,6)7)42-52-39(12,13)40(14,53-42)22-23-47-30-21-17-19-26-28(41-50-37(8,9)38(10,11)51-41)24-43(32(26)30)33(45)48-35(2,3)4/h15-21,24H,22-23H2,1-14H3. The molecule has 2 fully saturated rings. The number of hydrogen-bond donors (Lipinski definition) is 0. The van der Waals surface area contributed by atoms with Gasteiger partial charge < -0.3 is 32.8 Å². The Morgan fingerprint density at radius 2 is 1.28 bits per heavy atom. The first kappa shape index (κ1) is 38.9. The van der Waals surface area contributed by atoms with Gasteiger partial charge in [0.25, 0.3) is 0 Å². The second-order valence-corrected chi connectivity index (χ2v) is 17.9. The Morgan fingerprint density at radius 3 is 1.91 bits per heavy atom. The number of benzene rings is 2. The van der Waals surface area contributed by atoms with E-state index in [4.69, 9.17) is 32.8 Å². The van der Waals surface area contributed by atoms with Gasteiger partial charge in [0, 0.05) is 40.0 Å². The van der Waals surface area contributed by atoms with Crippen LogP contribution in [0.2, 0.25) is 0 Å². The molecular formula is C40H54B2N2O9. The van der Waals surface area contributed by atoms with Crippen LogP contribution in [0.5, 0.6) is 5.75 Å². The van der Waals surface area contributed by atoms with Crippen molar-refractivity contribution in [2.75, 3.05) is 6.61 Å². The summed E-state index contributed by atoms with van der Waals surface area (Å²) in [6.45, 7) is 27.2. The van der Waals surface area contributed by atoms with Crippen LogP contribution in [-0.4, -0.2) is 75.8 Å². The Morgan fingerprint density at radius 1 is 0.717 bits per heavy atom. The molecule has 0 amide bonds. The van der Waals surface area contributed by atoms with Crippen molar-refractivity contribution in [1.29, 1.82) is 0 Å². The predicted octanol–water partition coefficient (Wildman–Crippen LogP) is 7.52. The van der Waals surface area contributed by atoms with E-state index in [1.54, 1.807) is 10.8 Å². The predicted molar refractivity (Wildman–Crippen MR) is 208 cm³/mol. The molecule has 1 atom stereocenters. The van der Waals surface area contributed by atoms with E-state index in [0.29, 0.717) is 28.8 Å². The zero-order chi connectivity index (χ0) is 39.1. The summed E-state index contributed by atoms with van der Waals surface area (Å²) in [4.78, 5) is 27.1. The van der Waals surface area contributed by atoms with Crippen LogP contribution in [-0.2, 0) is 28.1 Å². The summed E-state index contributed by atoms with van der Waals surface area (Å²) in [5.41, 5.74) is -0.612. The number of carbonyl (C=O) groups excluding carboxylic acids is 2. The minimum Gasteiger partial charge on any atom is -0.491 e. The summed E-state index contributed by atoms with van der Waals surface area (Å²) in [7, 11) is -1.45. The number of para-hydroxylation sites is 2. The quantitative estimate of drug-likeness (QED) is 0.186. The van der Waals surface area contributed by atoms with E-state index < -0.39 is 60.0 Å². The van der Waals surface area contributed by atoms with E-state index >= 15 is 0 Å². The average Bonchev–Trinajstić information content (AvgIpc) is 3.67. The number of rotatable bonds is 6. The van der Waals surface area contributed by atoms with Gasteiger partial charge in [0.2, 0.25) is 0 Å². The third-order valence-electron chi connectivity index (χ3n) is 10.8. The van der Waals surface area contributed by atoms with Crippen LogP contribution in [0.3, 0.4) is 0 Å². The van der Waals surface area contributed by atoms with Crippen LogP contribution in [0, 0.1) is 6.92 Å². The van der Waals surface area contributed by atoms with Crippen LogP contribution >= 0.6 is 0 Å². The molecule has 1 unspecified atom stereocenters. The second-order valence-electron chi connectivity index (χ2n) is 17.9. The molecule has 0 aliphatic carbocycles. The van der Waals surface area contributed by atoms with Crippen molar-refractivity contribution < 1.29 is 42.4 Å². The number of nitrogens with zero attached hydrogens (tertiary/aromatic N) is 2. The largest absolute Gasteiger partial charge is 0.497 e. The smallest absolute Gasteiger partial charge is 0.491 e. The minimum atomic E-state index is -0.797. The lowest BCUT2D eigenvalue weighted by Gasteiger charge is -2.36. The van der Waals surface area contributed by atoms with E-state index in [9.17, 15) is 9.59 Å². The first-order chi connectivity index (χ1) is 24.3. The highest BCUT2D eigenvalue weighted by molar-refractivity contribution is 6.66. The molecule has 2 aliphatic rings. The number of carbonyl (C=O) groups is 2. The summed E-state index contributed by atoms with van der Waals surface area (Å²) in [6.07, 6.45) is 1.18. The molecule has 4 heterocycles. The van der Waals surface area contributed by atoms with E-state index in [2.05, 4.69) is 0 Å². The Labute approximate surface area is 313 Å². The molecule has 2 aliphatic heterocycles. The number of hydrogen-bond acceptors (Lipinski definition) is 9. The molecule has 0 radical (unpaired) electrons. The fourth-order valence-electron chi connectivity index (χ4n) is 6.87. The summed E-state index contributed by atoms with van der Waals surface area (Å²) in [6, 6.07) is 13.4. The Kier molecular flexibility index (Phi) is 9.50. The van der Waals surface area contributed by atoms with Crippen molar-refractivity contribution in [2.24, 2.45) is 0 Å². The zero-order valence-electron chi connectivity index (χ0n) is 33.8. The SMILES string of the molecule is Cc1c(B2OC(C)(C)C(C)(CCOc3cccc4c(B5OC(C)(C)C(C)(C)O5)cn(C(=O)OC(C)(C)C)c34)O2)c2ccccc2n1C(=O)OC(C)(C)C. The van der Waals surface area contributed by atoms with E-state index in [0.717, 1.165) is 21.8 Å². The van der Waals surface area contributed by atoms with Crippen molar-refractivity contribution in [3.8, 4) is 5.75 Å². The molecular weight excluding hydrogens is 674 g/mol. The molecule has 0 saturated carbocycles. The van der Waals surface area contributed by atoms with E-state index in [1.165, 1.54) is 4.57 Å². The van der Waals surface area contributed by atoms with Crippen molar-refractivity contribution in [3.63, 3.8) is 0 Å². The van der Waals surface area contributed by atoms with Crippen LogP contribution in [0.1, 0.15) is 102 Å². The lowest BCUT2D eigenvalue weighted by Crippen LogP contribution is -2.45. The molecule has 0 spiro atoms. The molecule has 2 saturated heterocycles. The summed E-state index contributed by atoms with van der Waals surface area (Å²) in [5.74, 6) is 0.504. The third kappa shape index (κ3) is 7.13. The van der Waals surface area contributed by atoms with Crippen LogP contribution in [0.25, 0.3) is 21.8 Å². The molecule has 53 heavy (non-hydrogen) atoms. The van der Waals surface area contributed by atoms with Crippen LogP contribution in [0.4, 0.5) is 9.59 Å². The van der Waals surface area contributed by atoms with Gasteiger partial charge in [-0.25, -0.2) is 14.2 Å². The lowest BCUT2D eigenvalue weighted by molar-refractivity contribution is -0.0234. The Balaban J connectivity index is 1.29. The van der Waals surface area contributed by atoms with Gasteiger partial charge in [-0.05, 0) is 109 Å². The molecule has 0 bridgehead atoms. The van der Waals surface area contributed by atoms with Crippen molar-refractivity contribution in [3.05, 3.63) is 54.4 Å². The van der Waals surface area contributed by atoms with E-state index in [-0.39, 0.29) is 6.61 Å². The highest BCUT2D eigenvalue weighted by Crippen LogP contribution is 2.42. The summed E-state index contributed by atoms with van der Waals surface area (Å²) in [5, 5.41) is 1.61. The maximum atomic E-state index is 13.7. The summed E-state index contributed by atoms with van der Waals surface area (Å²) < 4.78 is 47.5. The average molecular weight is 729 g/mol. The van der Waals surface area contributed by atoms with E-state index in [1.807, 2.05) is 139 Å². The van der Waals surface area contributed by atoms with Crippen LogP contribution in [0.15, 0.2) is 48.7 Å². The molecule has 13 heteroatoms. The van der Waals surface area contributed by atoms with Crippen molar-refractivity contribution in [2.45, 2.75) is 137 Å². The lowest BCUT2D eigenvalue weighted by atomic mass is 9.77. The summed E-state index contributed by atoms with van der Waals surface area (Å²) >= 11 is 0. The molecule has 284 valence electrons. The van der Waals surface area contributed by atoms with Gasteiger partial charge in [0.15, 0.2) is 0 Å². The highest BCUT2D eigenvalue weighted by atomic mass is 16.7. The molecule has 0 N–H and O–H groups in total. The highest BCUT2D eigenvalue weighted by Gasteiger charge is 2.56. The molecule has 2 aromatic heterocycles. The second kappa shape index (κ2) is 12.9. The first-order valence-electron chi connectivity index (χ1n) is 18.4. The van der Waals surface area contributed by atoms with Gasteiger partial charge >= 0.3 is 26.4 Å². The minimum absolute atomic E-state index is 0.249. The maximum absolute atomic E-state index is 13.7. The van der Waals surface area contributed by atoms with Crippen molar-refractivity contribution >= 4 is 59.2 Å². The molecule has 6 rings (SSSR count). The number of ether oxygens (including phenoxy) is 3. The van der Waals surface area contributed by atoms with Gasteiger partial charge in [0.05, 0.1) is 34.5 Å². The van der Waals surface area contributed by atoms with Crippen molar-refractivity contribution in [1.82, 2.24) is 9.13 Å². The maximum Gasteiger partial charge on any atom is 0.497 e. The van der Waals surface area contributed by atoms with Crippen LogP contribution < -0.4 is 15.7 Å². The topological polar surface area (TPSA) is 109 Å². The Bertz CT molecular complexity index is 2050.